The normalized spacial score (nSPS) is 35.4. The Morgan fingerprint density at radius 2 is 1.83 bits per heavy atom. The van der Waals surface area contributed by atoms with Gasteiger partial charge in [0.2, 0.25) is 0 Å². The van der Waals surface area contributed by atoms with Crippen molar-refractivity contribution in [3.8, 4) is 0 Å². The molecule has 1 aromatic rings. The average molecular weight is 374 g/mol. The van der Waals surface area contributed by atoms with E-state index in [1.54, 1.807) is 0 Å². The Morgan fingerprint density at radius 1 is 1.17 bits per heavy atom. The SMILES string of the molecule is OC(c1ccccc1)C1CCCCC12CC2(Br)Br. The third-order valence-electron chi connectivity index (χ3n) is 4.76. The van der Waals surface area contributed by atoms with Crippen LogP contribution in [0.4, 0.5) is 0 Å². The van der Waals surface area contributed by atoms with Crippen LogP contribution in [0.15, 0.2) is 30.3 Å². The molecule has 0 radical (unpaired) electrons. The zero-order valence-electron chi connectivity index (χ0n) is 10.3. The van der Waals surface area contributed by atoms with Gasteiger partial charge in [0.1, 0.15) is 0 Å². The van der Waals surface area contributed by atoms with E-state index in [4.69, 9.17) is 0 Å². The van der Waals surface area contributed by atoms with Gasteiger partial charge in [0.25, 0.3) is 0 Å². The molecular formula is C15H18Br2O. The van der Waals surface area contributed by atoms with E-state index in [1.807, 2.05) is 30.3 Å². The second kappa shape index (κ2) is 4.60. The molecule has 3 rings (SSSR count). The maximum Gasteiger partial charge on any atom is 0.0872 e. The minimum absolute atomic E-state index is 0.0633. The van der Waals surface area contributed by atoms with Crippen molar-refractivity contribution in [1.29, 1.82) is 0 Å². The molecule has 1 N–H and O–H groups in total. The summed E-state index contributed by atoms with van der Waals surface area (Å²) in [5, 5.41) is 10.7. The van der Waals surface area contributed by atoms with Crippen LogP contribution >= 0.6 is 31.9 Å². The average Bonchev–Trinajstić information content (AvgIpc) is 2.92. The standard InChI is InChI=1S/C15H18Br2O/c16-15(17)10-14(15)9-5-4-8-12(14)13(18)11-6-2-1-3-7-11/h1-3,6-7,12-13,18H,4-5,8-10H2. The monoisotopic (exact) mass is 372 g/mol. The third kappa shape index (κ3) is 1.99. The Labute approximate surface area is 125 Å². The second-order valence-electron chi connectivity index (χ2n) is 5.75. The number of aliphatic hydroxyl groups excluding tert-OH is 1. The van der Waals surface area contributed by atoms with Crippen LogP contribution in [-0.2, 0) is 0 Å². The van der Waals surface area contributed by atoms with Crippen molar-refractivity contribution in [3.05, 3.63) is 35.9 Å². The summed E-state index contributed by atoms with van der Waals surface area (Å²) in [5.41, 5.74) is 1.31. The highest BCUT2D eigenvalue weighted by molar-refractivity contribution is 9.25. The van der Waals surface area contributed by atoms with Crippen molar-refractivity contribution in [2.45, 2.75) is 41.4 Å². The third-order valence-corrected chi connectivity index (χ3v) is 6.90. The van der Waals surface area contributed by atoms with Crippen LogP contribution in [0, 0.1) is 11.3 Å². The van der Waals surface area contributed by atoms with E-state index < -0.39 is 0 Å². The maximum absolute atomic E-state index is 10.7. The first kappa shape index (κ1) is 13.1. The topological polar surface area (TPSA) is 20.2 Å². The van der Waals surface area contributed by atoms with Gasteiger partial charge in [-0.2, -0.15) is 0 Å². The predicted molar refractivity (Wildman–Crippen MR) is 81.0 cm³/mol. The molecule has 0 saturated heterocycles. The Morgan fingerprint density at radius 3 is 2.44 bits per heavy atom. The Kier molecular flexibility index (Phi) is 3.36. The first-order chi connectivity index (χ1) is 8.57. The van der Waals surface area contributed by atoms with Gasteiger partial charge >= 0.3 is 0 Å². The van der Waals surface area contributed by atoms with Gasteiger partial charge in [0.05, 0.1) is 9.34 Å². The van der Waals surface area contributed by atoms with E-state index in [0.29, 0.717) is 5.92 Å². The van der Waals surface area contributed by atoms with Gasteiger partial charge in [-0.1, -0.05) is 75.0 Å². The maximum atomic E-state index is 10.7. The van der Waals surface area contributed by atoms with Gasteiger partial charge in [0.15, 0.2) is 0 Å². The summed E-state index contributed by atoms with van der Waals surface area (Å²) in [6.07, 6.45) is 5.69. The zero-order chi connectivity index (χ0) is 12.8. The van der Waals surface area contributed by atoms with Crippen LogP contribution in [0.1, 0.15) is 43.8 Å². The molecule has 0 aliphatic heterocycles. The minimum Gasteiger partial charge on any atom is -0.388 e. The number of alkyl halides is 2. The first-order valence-electron chi connectivity index (χ1n) is 6.68. The Hall–Kier alpha value is 0.140. The lowest BCUT2D eigenvalue weighted by molar-refractivity contribution is 0.0354. The van der Waals surface area contributed by atoms with Crippen LogP contribution in [-0.4, -0.2) is 8.34 Å². The molecule has 18 heavy (non-hydrogen) atoms. The molecule has 1 aromatic carbocycles. The summed E-state index contributed by atoms with van der Waals surface area (Å²) in [5.74, 6) is 0.368. The number of rotatable bonds is 2. The van der Waals surface area contributed by atoms with Gasteiger partial charge in [-0.15, -0.1) is 0 Å². The second-order valence-corrected chi connectivity index (χ2v) is 9.52. The van der Waals surface area contributed by atoms with Gasteiger partial charge in [-0.3, -0.25) is 0 Å². The van der Waals surface area contributed by atoms with Crippen LogP contribution in [0.25, 0.3) is 0 Å². The van der Waals surface area contributed by atoms with E-state index >= 15 is 0 Å². The highest BCUT2D eigenvalue weighted by Crippen LogP contribution is 2.75. The molecule has 0 bridgehead atoms. The molecule has 1 spiro atoms. The van der Waals surface area contributed by atoms with Crippen molar-refractivity contribution in [2.24, 2.45) is 11.3 Å². The predicted octanol–water partition coefficient (Wildman–Crippen LogP) is 4.79. The molecule has 0 amide bonds. The van der Waals surface area contributed by atoms with Crippen LogP contribution < -0.4 is 0 Å². The summed E-state index contributed by atoms with van der Waals surface area (Å²) in [4.78, 5) is 0. The van der Waals surface area contributed by atoms with Gasteiger partial charge in [-0.25, -0.2) is 0 Å². The zero-order valence-corrected chi connectivity index (χ0v) is 13.5. The molecule has 3 heteroatoms. The van der Waals surface area contributed by atoms with E-state index in [1.165, 1.54) is 19.3 Å². The molecule has 2 fully saturated rings. The molecule has 3 unspecified atom stereocenters. The van der Waals surface area contributed by atoms with Gasteiger partial charge in [-0.05, 0) is 30.7 Å². The van der Waals surface area contributed by atoms with Crippen molar-refractivity contribution in [3.63, 3.8) is 0 Å². The number of halogens is 2. The van der Waals surface area contributed by atoms with Crippen molar-refractivity contribution in [1.82, 2.24) is 0 Å². The van der Waals surface area contributed by atoms with Gasteiger partial charge < -0.3 is 5.11 Å². The Balaban J connectivity index is 1.87. The number of hydrogen-bond donors (Lipinski definition) is 1. The summed E-state index contributed by atoms with van der Waals surface area (Å²) in [6.45, 7) is 0. The van der Waals surface area contributed by atoms with E-state index in [2.05, 4.69) is 31.9 Å². The Bertz CT molecular complexity index is 431. The molecule has 1 nitrogen and oxygen atoms in total. The smallest absolute Gasteiger partial charge is 0.0872 e. The molecule has 0 aromatic heterocycles. The summed E-state index contributed by atoms with van der Waals surface area (Å²) in [7, 11) is 0. The molecular weight excluding hydrogens is 356 g/mol. The number of benzene rings is 1. The van der Waals surface area contributed by atoms with Crippen LogP contribution in [0.5, 0.6) is 0 Å². The summed E-state index contributed by atoms with van der Waals surface area (Å²) < 4.78 is 0.0633. The van der Waals surface area contributed by atoms with E-state index in [9.17, 15) is 5.11 Å². The fourth-order valence-electron chi connectivity index (χ4n) is 3.63. The summed E-state index contributed by atoms with van der Waals surface area (Å²) in [6, 6.07) is 10.1. The van der Waals surface area contributed by atoms with Crippen molar-refractivity contribution >= 4 is 31.9 Å². The fraction of sp³-hybridized carbons (Fsp3) is 0.600. The molecule has 98 valence electrons. The quantitative estimate of drug-likeness (QED) is 0.739. The molecule has 0 heterocycles. The highest BCUT2D eigenvalue weighted by atomic mass is 79.9. The fourth-order valence-corrected chi connectivity index (χ4v) is 5.62. The first-order valence-corrected chi connectivity index (χ1v) is 8.26. The molecule has 2 aliphatic rings. The lowest BCUT2D eigenvalue weighted by Crippen LogP contribution is -2.30. The van der Waals surface area contributed by atoms with Crippen LogP contribution in [0.3, 0.4) is 0 Å². The van der Waals surface area contributed by atoms with E-state index in [0.717, 1.165) is 18.4 Å². The van der Waals surface area contributed by atoms with E-state index in [-0.39, 0.29) is 14.8 Å². The van der Waals surface area contributed by atoms with Crippen molar-refractivity contribution in [2.75, 3.05) is 0 Å². The number of hydrogen-bond acceptors (Lipinski definition) is 1. The molecule has 3 atom stereocenters. The van der Waals surface area contributed by atoms with Crippen LogP contribution in [0.2, 0.25) is 0 Å². The lowest BCUT2D eigenvalue weighted by atomic mass is 9.72. The minimum atomic E-state index is -0.330. The molecule has 2 saturated carbocycles. The summed E-state index contributed by atoms with van der Waals surface area (Å²) >= 11 is 7.58. The van der Waals surface area contributed by atoms with Crippen molar-refractivity contribution < 1.29 is 5.11 Å². The largest absolute Gasteiger partial charge is 0.388 e. The highest BCUT2D eigenvalue weighted by Gasteiger charge is 2.69. The molecule has 2 aliphatic carbocycles. The number of aliphatic hydroxyl groups is 1. The van der Waals surface area contributed by atoms with Gasteiger partial charge in [0, 0.05) is 5.41 Å². The lowest BCUT2D eigenvalue weighted by Gasteiger charge is -2.37.